The number of phenols is 2. The van der Waals surface area contributed by atoms with Crippen LogP contribution in [-0.4, -0.2) is 10.2 Å². The van der Waals surface area contributed by atoms with E-state index >= 15 is 0 Å². The molecule has 0 aromatic heterocycles. The van der Waals surface area contributed by atoms with Gasteiger partial charge in [-0.25, -0.2) is 4.39 Å². The van der Waals surface area contributed by atoms with Crippen molar-refractivity contribution in [1.82, 2.24) is 0 Å². The first-order chi connectivity index (χ1) is 8.58. The largest absolute Gasteiger partial charge is 0.504 e. The SMILES string of the molecule is Oc1cccc(CNc2cc(Cl)ccc2F)c1O. The second kappa shape index (κ2) is 5.14. The zero-order valence-corrected chi connectivity index (χ0v) is 10.1. The summed E-state index contributed by atoms with van der Waals surface area (Å²) in [4.78, 5) is 0. The summed E-state index contributed by atoms with van der Waals surface area (Å²) < 4.78 is 13.4. The van der Waals surface area contributed by atoms with Gasteiger partial charge in [-0.15, -0.1) is 0 Å². The van der Waals surface area contributed by atoms with E-state index in [0.717, 1.165) is 0 Å². The van der Waals surface area contributed by atoms with Crippen molar-refractivity contribution in [3.63, 3.8) is 0 Å². The van der Waals surface area contributed by atoms with Gasteiger partial charge in [0.15, 0.2) is 11.5 Å². The lowest BCUT2D eigenvalue weighted by Crippen LogP contribution is -2.01. The average molecular weight is 268 g/mol. The number of para-hydroxylation sites is 1. The quantitative estimate of drug-likeness (QED) is 0.746. The lowest BCUT2D eigenvalue weighted by Gasteiger charge is -2.10. The van der Waals surface area contributed by atoms with Crippen LogP contribution in [-0.2, 0) is 6.54 Å². The fraction of sp³-hybridized carbons (Fsp3) is 0.0769. The number of phenolic OH excluding ortho intramolecular Hbond substituents is 2. The lowest BCUT2D eigenvalue weighted by molar-refractivity contribution is 0.400. The van der Waals surface area contributed by atoms with Crippen LogP contribution in [0, 0.1) is 5.82 Å². The van der Waals surface area contributed by atoms with E-state index in [-0.39, 0.29) is 23.7 Å². The van der Waals surface area contributed by atoms with Crippen LogP contribution in [0.4, 0.5) is 10.1 Å². The molecule has 3 N–H and O–H groups in total. The van der Waals surface area contributed by atoms with E-state index in [1.54, 1.807) is 12.1 Å². The van der Waals surface area contributed by atoms with E-state index in [0.29, 0.717) is 10.6 Å². The highest BCUT2D eigenvalue weighted by Gasteiger charge is 2.07. The molecule has 0 heterocycles. The molecule has 2 aromatic carbocycles. The molecule has 0 saturated heterocycles. The zero-order valence-electron chi connectivity index (χ0n) is 9.32. The summed E-state index contributed by atoms with van der Waals surface area (Å²) in [5.41, 5.74) is 0.708. The minimum atomic E-state index is -0.431. The van der Waals surface area contributed by atoms with Crippen molar-refractivity contribution < 1.29 is 14.6 Å². The third-order valence-electron chi connectivity index (χ3n) is 2.50. The van der Waals surface area contributed by atoms with Crippen LogP contribution < -0.4 is 5.32 Å². The minimum absolute atomic E-state index is 0.178. The minimum Gasteiger partial charge on any atom is -0.504 e. The maximum absolute atomic E-state index is 13.4. The van der Waals surface area contributed by atoms with Crippen LogP contribution in [0.2, 0.25) is 5.02 Å². The van der Waals surface area contributed by atoms with Crippen LogP contribution in [0.1, 0.15) is 5.56 Å². The van der Waals surface area contributed by atoms with Gasteiger partial charge in [-0.3, -0.25) is 0 Å². The molecule has 0 aliphatic rings. The maximum Gasteiger partial charge on any atom is 0.162 e. The summed E-state index contributed by atoms with van der Waals surface area (Å²) in [5.74, 6) is -0.854. The van der Waals surface area contributed by atoms with Gasteiger partial charge < -0.3 is 15.5 Å². The predicted octanol–water partition coefficient (Wildman–Crippen LogP) is 3.50. The summed E-state index contributed by atoms with van der Waals surface area (Å²) in [5, 5.41) is 22.1. The Morgan fingerprint density at radius 1 is 1.17 bits per heavy atom. The van der Waals surface area contributed by atoms with Crippen molar-refractivity contribution in [1.29, 1.82) is 0 Å². The van der Waals surface area contributed by atoms with Crippen molar-refractivity contribution in [3.05, 3.63) is 52.8 Å². The summed E-state index contributed by atoms with van der Waals surface area (Å²) >= 11 is 5.76. The van der Waals surface area contributed by atoms with E-state index in [4.69, 9.17) is 11.6 Å². The zero-order chi connectivity index (χ0) is 13.1. The molecule has 0 bridgehead atoms. The normalized spacial score (nSPS) is 10.3. The second-order valence-corrected chi connectivity index (χ2v) is 4.20. The molecule has 5 heteroatoms. The maximum atomic E-state index is 13.4. The highest BCUT2D eigenvalue weighted by atomic mass is 35.5. The van der Waals surface area contributed by atoms with Crippen LogP contribution in [0.3, 0.4) is 0 Å². The first kappa shape index (κ1) is 12.5. The van der Waals surface area contributed by atoms with Crippen LogP contribution in [0.5, 0.6) is 11.5 Å². The Balaban J connectivity index is 2.16. The lowest BCUT2D eigenvalue weighted by atomic mass is 10.2. The molecule has 0 aliphatic carbocycles. The predicted molar refractivity (Wildman–Crippen MR) is 68.5 cm³/mol. The van der Waals surface area contributed by atoms with Crippen molar-refractivity contribution in [2.24, 2.45) is 0 Å². The van der Waals surface area contributed by atoms with Crippen molar-refractivity contribution >= 4 is 17.3 Å². The third kappa shape index (κ3) is 2.65. The highest BCUT2D eigenvalue weighted by molar-refractivity contribution is 6.30. The van der Waals surface area contributed by atoms with E-state index in [1.165, 1.54) is 24.3 Å². The Morgan fingerprint density at radius 2 is 1.94 bits per heavy atom. The van der Waals surface area contributed by atoms with Crippen molar-refractivity contribution in [3.8, 4) is 11.5 Å². The first-order valence-corrected chi connectivity index (χ1v) is 5.64. The average Bonchev–Trinajstić information content (AvgIpc) is 2.35. The number of hydrogen-bond acceptors (Lipinski definition) is 3. The fourth-order valence-corrected chi connectivity index (χ4v) is 1.72. The Hall–Kier alpha value is -1.94. The van der Waals surface area contributed by atoms with Crippen molar-refractivity contribution in [2.75, 3.05) is 5.32 Å². The van der Waals surface area contributed by atoms with E-state index in [2.05, 4.69) is 5.32 Å². The van der Waals surface area contributed by atoms with Gasteiger partial charge >= 0.3 is 0 Å². The van der Waals surface area contributed by atoms with Gasteiger partial charge in [0.25, 0.3) is 0 Å². The number of aromatic hydroxyl groups is 2. The van der Waals surface area contributed by atoms with E-state index in [1.807, 2.05) is 0 Å². The smallest absolute Gasteiger partial charge is 0.162 e. The number of rotatable bonds is 3. The molecule has 0 amide bonds. The third-order valence-corrected chi connectivity index (χ3v) is 2.73. The number of anilines is 1. The van der Waals surface area contributed by atoms with Gasteiger partial charge in [0, 0.05) is 17.1 Å². The van der Waals surface area contributed by atoms with Crippen LogP contribution in [0.15, 0.2) is 36.4 Å². The monoisotopic (exact) mass is 267 g/mol. The Kier molecular flexibility index (Phi) is 3.58. The molecule has 0 atom stereocenters. The molecule has 0 unspecified atom stereocenters. The van der Waals surface area contributed by atoms with Gasteiger partial charge in [-0.2, -0.15) is 0 Å². The molecule has 94 valence electrons. The van der Waals surface area contributed by atoms with Gasteiger partial charge in [0.05, 0.1) is 5.69 Å². The standard InChI is InChI=1S/C13H11ClFNO2/c14-9-4-5-10(15)11(6-9)16-7-8-2-1-3-12(17)13(8)18/h1-6,16-18H,7H2. The second-order valence-electron chi connectivity index (χ2n) is 3.76. The Labute approximate surface area is 108 Å². The van der Waals surface area contributed by atoms with Gasteiger partial charge in [0.2, 0.25) is 0 Å². The molecule has 2 rings (SSSR count). The molecular formula is C13H11ClFNO2. The number of nitrogens with one attached hydrogen (secondary N) is 1. The summed E-state index contributed by atoms with van der Waals surface area (Å²) in [6.45, 7) is 0.178. The summed E-state index contributed by atoms with van der Waals surface area (Å²) in [6, 6.07) is 8.77. The van der Waals surface area contributed by atoms with Gasteiger partial charge in [-0.1, -0.05) is 23.7 Å². The summed E-state index contributed by atoms with van der Waals surface area (Å²) in [6.07, 6.45) is 0. The Morgan fingerprint density at radius 3 is 2.72 bits per heavy atom. The molecule has 18 heavy (non-hydrogen) atoms. The topological polar surface area (TPSA) is 52.5 Å². The molecule has 0 spiro atoms. The molecule has 0 radical (unpaired) electrons. The van der Waals surface area contributed by atoms with Gasteiger partial charge in [0.1, 0.15) is 5.82 Å². The van der Waals surface area contributed by atoms with E-state index < -0.39 is 5.82 Å². The molecule has 3 nitrogen and oxygen atoms in total. The van der Waals surface area contributed by atoms with Gasteiger partial charge in [-0.05, 0) is 24.3 Å². The Bertz CT molecular complexity index is 573. The van der Waals surface area contributed by atoms with Crippen LogP contribution in [0.25, 0.3) is 0 Å². The molecular weight excluding hydrogens is 257 g/mol. The molecule has 2 aromatic rings. The molecule has 0 saturated carbocycles. The molecule has 0 aliphatic heterocycles. The summed E-state index contributed by atoms with van der Waals surface area (Å²) in [7, 11) is 0. The van der Waals surface area contributed by atoms with Crippen molar-refractivity contribution in [2.45, 2.75) is 6.54 Å². The van der Waals surface area contributed by atoms with Crippen LogP contribution >= 0.6 is 11.6 Å². The number of hydrogen-bond donors (Lipinski definition) is 3. The highest BCUT2D eigenvalue weighted by Crippen LogP contribution is 2.29. The van der Waals surface area contributed by atoms with E-state index in [9.17, 15) is 14.6 Å². The first-order valence-electron chi connectivity index (χ1n) is 5.26. The fourth-order valence-electron chi connectivity index (χ4n) is 1.54. The number of benzene rings is 2. The number of halogens is 2. The molecule has 0 fully saturated rings.